The van der Waals surface area contributed by atoms with E-state index in [1.165, 1.54) is 23.9 Å². The number of nitrogens with one attached hydrogen (secondary N) is 2. The highest BCUT2D eigenvalue weighted by Crippen LogP contribution is 2.44. The Bertz CT molecular complexity index is 1810. The predicted octanol–water partition coefficient (Wildman–Crippen LogP) is 8.51. The maximum atomic E-state index is 12.8. The first-order chi connectivity index (χ1) is 21.2. The Kier molecular flexibility index (Phi) is 8.02. The zero-order valence-electron chi connectivity index (χ0n) is 22.7. The quantitative estimate of drug-likeness (QED) is 0.155. The molecule has 0 radical (unpaired) electrons. The molecule has 6 rings (SSSR count). The first-order valence-electron chi connectivity index (χ1n) is 13.3. The van der Waals surface area contributed by atoms with Crippen molar-refractivity contribution in [3.63, 3.8) is 0 Å². The van der Waals surface area contributed by atoms with Gasteiger partial charge in [-0.2, -0.15) is 13.2 Å². The number of rotatable bonds is 7. The number of amides is 2. The first-order valence-corrected chi connectivity index (χ1v) is 15.0. The van der Waals surface area contributed by atoms with Crippen molar-refractivity contribution in [1.29, 1.82) is 0 Å². The van der Waals surface area contributed by atoms with Crippen LogP contribution in [0, 0.1) is 0 Å². The molecule has 0 aliphatic heterocycles. The molecule has 0 fully saturated rings. The van der Waals surface area contributed by atoms with Crippen LogP contribution in [0.25, 0.3) is 11.1 Å². The summed E-state index contributed by atoms with van der Waals surface area (Å²) in [6, 6.07) is 28.0. The second-order valence-corrected chi connectivity index (χ2v) is 11.8. The molecule has 222 valence electrons. The zero-order chi connectivity index (χ0) is 30.8. The predicted molar refractivity (Wildman–Crippen MR) is 165 cm³/mol. The standard InChI is InChI=1S/C32H23F3N4O3S2/c33-32(34,35)28-17-43-30(38-28)39-29(40)18-9-14-27(26(36)15-18)44-20-12-10-19(11-13-20)37-31(41)42-16-25-23-7-3-1-5-21(23)22-6-2-4-8-24(22)25/h1-15,17,25H,16,36H2,(H,37,41)(H,38,39,40). The third-order valence-corrected chi connectivity index (χ3v) is 8.82. The van der Waals surface area contributed by atoms with Crippen molar-refractivity contribution in [2.45, 2.75) is 21.9 Å². The van der Waals surface area contributed by atoms with Gasteiger partial charge in [0.05, 0.1) is 0 Å². The maximum absolute atomic E-state index is 12.8. The van der Waals surface area contributed by atoms with E-state index in [1.54, 1.807) is 18.2 Å². The van der Waals surface area contributed by atoms with Crippen LogP contribution in [0.2, 0.25) is 0 Å². The lowest BCUT2D eigenvalue weighted by Crippen LogP contribution is -2.17. The average molecular weight is 633 g/mol. The van der Waals surface area contributed by atoms with Crippen molar-refractivity contribution in [3.8, 4) is 11.1 Å². The van der Waals surface area contributed by atoms with Gasteiger partial charge in [0.15, 0.2) is 10.8 Å². The number of carbonyl (C=O) groups is 2. The number of nitrogens with zero attached hydrogens (tertiary/aromatic N) is 1. The highest BCUT2D eigenvalue weighted by Gasteiger charge is 2.34. The van der Waals surface area contributed by atoms with Crippen LogP contribution in [0.3, 0.4) is 0 Å². The number of aromatic nitrogens is 1. The van der Waals surface area contributed by atoms with Gasteiger partial charge in [0, 0.05) is 38.0 Å². The summed E-state index contributed by atoms with van der Waals surface area (Å²) in [5, 5.41) is 5.80. The van der Waals surface area contributed by atoms with Crippen LogP contribution >= 0.6 is 23.1 Å². The van der Waals surface area contributed by atoms with Gasteiger partial charge in [-0.15, -0.1) is 11.3 Å². The molecule has 1 aliphatic carbocycles. The Labute approximate surface area is 258 Å². The van der Waals surface area contributed by atoms with Crippen molar-refractivity contribution in [2.75, 3.05) is 23.0 Å². The summed E-state index contributed by atoms with van der Waals surface area (Å²) in [6.07, 6.45) is -5.14. The second-order valence-electron chi connectivity index (χ2n) is 9.82. The average Bonchev–Trinajstić information content (AvgIpc) is 3.61. The lowest BCUT2D eigenvalue weighted by molar-refractivity contribution is -0.140. The molecular formula is C32H23F3N4O3S2. The number of fused-ring (bicyclic) bond motifs is 3. The fraction of sp³-hybridized carbons (Fsp3) is 0.0938. The number of alkyl halides is 3. The number of benzene rings is 4. The van der Waals surface area contributed by atoms with Gasteiger partial charge in [-0.3, -0.25) is 15.4 Å². The molecule has 0 saturated heterocycles. The van der Waals surface area contributed by atoms with E-state index in [-0.39, 0.29) is 23.2 Å². The zero-order valence-corrected chi connectivity index (χ0v) is 24.4. The van der Waals surface area contributed by atoms with Gasteiger partial charge in [0.2, 0.25) is 0 Å². The molecule has 12 heteroatoms. The van der Waals surface area contributed by atoms with Gasteiger partial charge >= 0.3 is 12.3 Å². The smallest absolute Gasteiger partial charge is 0.434 e. The van der Waals surface area contributed by atoms with Crippen LogP contribution in [0.5, 0.6) is 0 Å². The number of hydrogen-bond acceptors (Lipinski definition) is 7. The molecule has 4 aromatic carbocycles. The SMILES string of the molecule is Nc1cc(C(=O)Nc2nc(C(F)(F)F)cs2)ccc1Sc1ccc(NC(=O)OCC2c3ccccc3-c3ccccc32)cc1. The van der Waals surface area contributed by atoms with Crippen molar-refractivity contribution in [3.05, 3.63) is 119 Å². The molecule has 1 aliphatic rings. The number of nitrogen functional groups attached to an aromatic ring is 1. The van der Waals surface area contributed by atoms with Gasteiger partial charge in [0.1, 0.15) is 6.61 Å². The van der Waals surface area contributed by atoms with E-state index in [2.05, 4.69) is 39.9 Å². The normalized spacial score (nSPS) is 12.3. The number of halogens is 3. The first kappa shape index (κ1) is 29.3. The van der Waals surface area contributed by atoms with Crippen LogP contribution in [0.1, 0.15) is 33.1 Å². The molecule has 0 spiro atoms. The highest BCUT2D eigenvalue weighted by molar-refractivity contribution is 7.99. The monoisotopic (exact) mass is 632 g/mol. The van der Waals surface area contributed by atoms with Gasteiger partial charge in [-0.1, -0.05) is 60.3 Å². The highest BCUT2D eigenvalue weighted by atomic mass is 32.2. The summed E-state index contributed by atoms with van der Waals surface area (Å²) < 4.78 is 43.9. The Balaban J connectivity index is 1.03. The van der Waals surface area contributed by atoms with Crippen LogP contribution in [-0.2, 0) is 10.9 Å². The largest absolute Gasteiger partial charge is 0.448 e. The minimum Gasteiger partial charge on any atom is -0.448 e. The number of carbonyl (C=O) groups excluding carboxylic acids is 2. The van der Waals surface area contributed by atoms with Gasteiger partial charge in [-0.25, -0.2) is 9.78 Å². The number of anilines is 3. The number of nitrogens with two attached hydrogens (primary N) is 1. The Morgan fingerprint density at radius 1 is 0.909 bits per heavy atom. The number of hydrogen-bond donors (Lipinski definition) is 3. The second kappa shape index (κ2) is 12.1. The third-order valence-electron chi connectivity index (χ3n) is 6.96. The molecule has 0 saturated carbocycles. The van der Waals surface area contributed by atoms with Crippen LogP contribution in [-0.4, -0.2) is 23.6 Å². The minimum absolute atomic E-state index is 0.0375. The maximum Gasteiger partial charge on any atom is 0.434 e. The van der Waals surface area contributed by atoms with Crippen molar-refractivity contribution < 1.29 is 27.5 Å². The van der Waals surface area contributed by atoms with Crippen molar-refractivity contribution >= 4 is 51.6 Å². The Hall–Kier alpha value is -4.81. The topological polar surface area (TPSA) is 106 Å². The van der Waals surface area contributed by atoms with E-state index in [9.17, 15) is 22.8 Å². The van der Waals surface area contributed by atoms with E-state index in [0.717, 1.165) is 32.5 Å². The summed E-state index contributed by atoms with van der Waals surface area (Å²) in [6.45, 7) is 0.208. The van der Waals surface area contributed by atoms with Gasteiger partial charge < -0.3 is 10.5 Å². The molecule has 4 N–H and O–H groups in total. The molecular weight excluding hydrogens is 610 g/mol. The third kappa shape index (κ3) is 6.26. The van der Waals surface area contributed by atoms with Crippen LogP contribution < -0.4 is 16.4 Å². The fourth-order valence-electron chi connectivity index (χ4n) is 4.90. The molecule has 1 aromatic heterocycles. The van der Waals surface area contributed by atoms with Crippen molar-refractivity contribution in [2.24, 2.45) is 0 Å². The van der Waals surface area contributed by atoms with Gasteiger partial charge in [0.25, 0.3) is 5.91 Å². The van der Waals surface area contributed by atoms with E-state index < -0.39 is 23.9 Å². The summed E-state index contributed by atoms with van der Waals surface area (Å²) in [5.41, 5.74) is 10.7. The Morgan fingerprint density at radius 2 is 1.57 bits per heavy atom. The molecule has 0 bridgehead atoms. The Morgan fingerprint density at radius 3 is 2.18 bits per heavy atom. The molecule has 7 nitrogen and oxygen atoms in total. The summed E-state index contributed by atoms with van der Waals surface area (Å²) in [7, 11) is 0. The van der Waals surface area contributed by atoms with Crippen molar-refractivity contribution in [1.82, 2.24) is 4.98 Å². The van der Waals surface area contributed by atoms with Crippen LogP contribution in [0.15, 0.2) is 106 Å². The molecule has 44 heavy (non-hydrogen) atoms. The summed E-state index contributed by atoms with van der Waals surface area (Å²) in [5.74, 6) is -0.663. The molecule has 2 amide bonds. The molecule has 5 aromatic rings. The summed E-state index contributed by atoms with van der Waals surface area (Å²) >= 11 is 2.03. The lowest BCUT2D eigenvalue weighted by atomic mass is 9.98. The van der Waals surface area contributed by atoms with E-state index in [0.29, 0.717) is 27.6 Å². The summed E-state index contributed by atoms with van der Waals surface area (Å²) in [4.78, 5) is 30.0. The van der Waals surface area contributed by atoms with Crippen LogP contribution in [0.4, 0.5) is 34.5 Å². The van der Waals surface area contributed by atoms with E-state index in [4.69, 9.17) is 10.5 Å². The number of thiazole rings is 1. The van der Waals surface area contributed by atoms with E-state index in [1.807, 2.05) is 36.4 Å². The minimum atomic E-state index is -4.59. The van der Waals surface area contributed by atoms with E-state index >= 15 is 0 Å². The molecule has 1 heterocycles. The molecule has 0 unspecified atom stereocenters. The lowest BCUT2D eigenvalue weighted by Gasteiger charge is -2.14. The number of ether oxygens (including phenoxy) is 1. The fourth-order valence-corrected chi connectivity index (χ4v) is 6.45. The van der Waals surface area contributed by atoms with Gasteiger partial charge in [-0.05, 0) is 64.7 Å². The molecule has 0 atom stereocenters.